The van der Waals surface area contributed by atoms with Gasteiger partial charge in [0.1, 0.15) is 5.75 Å². The molecule has 104 valence electrons. The molecule has 0 aromatic heterocycles. The first-order valence-corrected chi connectivity index (χ1v) is 7.33. The number of ether oxygens (including phenoxy) is 1. The molecule has 3 heteroatoms. The minimum absolute atomic E-state index is 0.282. The van der Waals surface area contributed by atoms with E-state index in [4.69, 9.17) is 4.74 Å². The van der Waals surface area contributed by atoms with Gasteiger partial charge >= 0.3 is 0 Å². The molecule has 0 amide bonds. The quantitative estimate of drug-likeness (QED) is 0.860. The molecule has 3 rings (SSSR count). The standard InChI is InChI=1S/C16H23NO2/c1-19-13-7-5-12(6-8-13)15-14-4-2-3-9-16(14,18)10-11-17-15/h5-8,14-15,17-18H,2-4,9-11H2,1H3/t14-,15-,16+/m0/s1. The summed E-state index contributed by atoms with van der Waals surface area (Å²) in [6, 6.07) is 8.54. The number of hydrogen-bond donors (Lipinski definition) is 2. The van der Waals surface area contributed by atoms with Crippen LogP contribution in [0.1, 0.15) is 43.7 Å². The average Bonchev–Trinajstić information content (AvgIpc) is 2.46. The second-order valence-electron chi connectivity index (χ2n) is 5.91. The summed E-state index contributed by atoms with van der Waals surface area (Å²) in [4.78, 5) is 0. The van der Waals surface area contributed by atoms with E-state index in [0.29, 0.717) is 5.92 Å². The Balaban J connectivity index is 1.85. The van der Waals surface area contributed by atoms with Crippen LogP contribution in [0.15, 0.2) is 24.3 Å². The third kappa shape index (κ3) is 2.37. The maximum Gasteiger partial charge on any atom is 0.118 e. The Morgan fingerprint density at radius 1 is 1.21 bits per heavy atom. The van der Waals surface area contributed by atoms with Crippen LogP contribution in [0, 0.1) is 5.92 Å². The number of nitrogens with one attached hydrogen (secondary N) is 1. The van der Waals surface area contributed by atoms with Crippen molar-refractivity contribution in [3.05, 3.63) is 29.8 Å². The first-order valence-electron chi connectivity index (χ1n) is 7.33. The highest BCUT2D eigenvalue weighted by molar-refractivity contribution is 5.30. The van der Waals surface area contributed by atoms with E-state index < -0.39 is 5.60 Å². The SMILES string of the molecule is COc1ccc([C@@H]2NCC[C@]3(O)CCCC[C@@H]23)cc1. The lowest BCUT2D eigenvalue weighted by atomic mass is 9.67. The Kier molecular flexibility index (Phi) is 3.50. The molecular weight excluding hydrogens is 238 g/mol. The van der Waals surface area contributed by atoms with Gasteiger partial charge in [-0.1, -0.05) is 25.0 Å². The monoisotopic (exact) mass is 261 g/mol. The molecule has 2 N–H and O–H groups in total. The number of hydrogen-bond acceptors (Lipinski definition) is 3. The van der Waals surface area contributed by atoms with Crippen molar-refractivity contribution in [3.8, 4) is 5.75 Å². The highest BCUT2D eigenvalue weighted by atomic mass is 16.5. The van der Waals surface area contributed by atoms with Crippen molar-refractivity contribution in [2.75, 3.05) is 13.7 Å². The molecule has 0 radical (unpaired) electrons. The average molecular weight is 261 g/mol. The van der Waals surface area contributed by atoms with Crippen LogP contribution in [0.5, 0.6) is 5.75 Å². The van der Waals surface area contributed by atoms with Crippen LogP contribution in [0.3, 0.4) is 0 Å². The Hall–Kier alpha value is -1.06. The van der Waals surface area contributed by atoms with Gasteiger partial charge in [0.2, 0.25) is 0 Å². The molecule has 1 aromatic rings. The molecule has 2 aliphatic rings. The van der Waals surface area contributed by atoms with Gasteiger partial charge in [-0.3, -0.25) is 0 Å². The number of benzene rings is 1. The number of methoxy groups -OCH3 is 1. The third-order valence-electron chi connectivity index (χ3n) is 4.86. The van der Waals surface area contributed by atoms with E-state index >= 15 is 0 Å². The number of rotatable bonds is 2. The van der Waals surface area contributed by atoms with Gasteiger partial charge in [-0.25, -0.2) is 0 Å². The predicted octanol–water partition coefficient (Wildman–Crippen LogP) is 2.65. The summed E-state index contributed by atoms with van der Waals surface area (Å²) in [7, 11) is 1.69. The Morgan fingerprint density at radius 2 is 2.00 bits per heavy atom. The van der Waals surface area contributed by atoms with Crippen LogP contribution in [0.25, 0.3) is 0 Å². The van der Waals surface area contributed by atoms with Gasteiger partial charge in [0, 0.05) is 12.0 Å². The summed E-state index contributed by atoms with van der Waals surface area (Å²) in [5.41, 5.74) is 0.819. The zero-order valence-electron chi connectivity index (χ0n) is 11.6. The van der Waals surface area contributed by atoms with Gasteiger partial charge in [0.05, 0.1) is 12.7 Å². The second-order valence-corrected chi connectivity index (χ2v) is 5.91. The first-order chi connectivity index (χ1) is 9.23. The summed E-state index contributed by atoms with van der Waals surface area (Å²) < 4.78 is 5.21. The fourth-order valence-electron chi connectivity index (χ4n) is 3.78. The van der Waals surface area contributed by atoms with E-state index in [1.807, 2.05) is 12.1 Å². The summed E-state index contributed by atoms with van der Waals surface area (Å²) in [5.74, 6) is 1.24. The fourth-order valence-corrected chi connectivity index (χ4v) is 3.78. The van der Waals surface area contributed by atoms with Crippen molar-refractivity contribution in [1.29, 1.82) is 0 Å². The summed E-state index contributed by atoms with van der Waals surface area (Å²) in [6.45, 7) is 0.906. The van der Waals surface area contributed by atoms with Crippen LogP contribution >= 0.6 is 0 Å². The van der Waals surface area contributed by atoms with Crippen molar-refractivity contribution in [1.82, 2.24) is 5.32 Å². The van der Waals surface area contributed by atoms with Crippen LogP contribution in [-0.2, 0) is 0 Å². The zero-order chi connectivity index (χ0) is 13.3. The van der Waals surface area contributed by atoms with Crippen molar-refractivity contribution >= 4 is 0 Å². The van der Waals surface area contributed by atoms with E-state index in [9.17, 15) is 5.11 Å². The van der Waals surface area contributed by atoms with Crippen molar-refractivity contribution in [2.45, 2.75) is 43.7 Å². The van der Waals surface area contributed by atoms with E-state index in [1.54, 1.807) is 7.11 Å². The molecule has 0 unspecified atom stereocenters. The zero-order valence-corrected chi connectivity index (χ0v) is 11.6. The minimum atomic E-state index is -0.450. The van der Waals surface area contributed by atoms with Crippen molar-refractivity contribution < 1.29 is 9.84 Å². The summed E-state index contributed by atoms with van der Waals surface area (Å²) in [5, 5.41) is 14.5. The predicted molar refractivity (Wildman–Crippen MR) is 75.3 cm³/mol. The van der Waals surface area contributed by atoms with Gasteiger partial charge in [-0.05, 0) is 43.5 Å². The lowest BCUT2D eigenvalue weighted by Crippen LogP contribution is -2.53. The van der Waals surface area contributed by atoms with Crippen molar-refractivity contribution in [2.24, 2.45) is 5.92 Å². The summed E-state index contributed by atoms with van der Waals surface area (Å²) in [6.07, 6.45) is 5.39. The van der Waals surface area contributed by atoms with Crippen LogP contribution in [-0.4, -0.2) is 24.4 Å². The van der Waals surface area contributed by atoms with Gasteiger partial charge in [-0.2, -0.15) is 0 Å². The number of aliphatic hydroxyl groups is 1. The van der Waals surface area contributed by atoms with Crippen LogP contribution < -0.4 is 10.1 Å². The Morgan fingerprint density at radius 3 is 2.74 bits per heavy atom. The number of fused-ring (bicyclic) bond motifs is 1. The smallest absolute Gasteiger partial charge is 0.118 e. The number of piperidine rings is 1. The van der Waals surface area contributed by atoms with Gasteiger partial charge in [-0.15, -0.1) is 0 Å². The second kappa shape index (κ2) is 5.14. The molecule has 0 spiro atoms. The molecule has 3 atom stereocenters. The minimum Gasteiger partial charge on any atom is -0.497 e. The molecule has 1 aliphatic heterocycles. The molecule has 2 fully saturated rings. The van der Waals surface area contributed by atoms with E-state index in [0.717, 1.165) is 31.6 Å². The lowest BCUT2D eigenvalue weighted by molar-refractivity contribution is -0.0861. The Labute approximate surface area is 115 Å². The summed E-state index contributed by atoms with van der Waals surface area (Å²) >= 11 is 0. The molecule has 1 heterocycles. The van der Waals surface area contributed by atoms with E-state index in [2.05, 4.69) is 17.4 Å². The molecule has 19 heavy (non-hydrogen) atoms. The van der Waals surface area contributed by atoms with E-state index in [1.165, 1.54) is 18.4 Å². The molecule has 1 aliphatic carbocycles. The molecule has 1 saturated heterocycles. The highest BCUT2D eigenvalue weighted by Crippen LogP contribution is 2.45. The normalized spacial score (nSPS) is 34.6. The molecule has 1 aromatic carbocycles. The van der Waals surface area contributed by atoms with E-state index in [-0.39, 0.29) is 6.04 Å². The maximum absolute atomic E-state index is 10.9. The molecule has 0 bridgehead atoms. The fraction of sp³-hybridized carbons (Fsp3) is 0.625. The molecular formula is C16H23NO2. The first kappa shape index (κ1) is 12.9. The molecule has 3 nitrogen and oxygen atoms in total. The van der Waals surface area contributed by atoms with Gasteiger partial charge < -0.3 is 15.2 Å². The Bertz CT molecular complexity index is 427. The van der Waals surface area contributed by atoms with Crippen molar-refractivity contribution in [3.63, 3.8) is 0 Å². The van der Waals surface area contributed by atoms with Gasteiger partial charge in [0.25, 0.3) is 0 Å². The lowest BCUT2D eigenvalue weighted by Gasteiger charge is -2.48. The third-order valence-corrected chi connectivity index (χ3v) is 4.86. The highest BCUT2D eigenvalue weighted by Gasteiger charge is 2.45. The maximum atomic E-state index is 10.9. The molecule has 1 saturated carbocycles. The topological polar surface area (TPSA) is 41.5 Å². The van der Waals surface area contributed by atoms with Gasteiger partial charge in [0.15, 0.2) is 0 Å². The largest absolute Gasteiger partial charge is 0.497 e. The van der Waals surface area contributed by atoms with Crippen LogP contribution in [0.4, 0.5) is 0 Å². The van der Waals surface area contributed by atoms with Crippen LogP contribution in [0.2, 0.25) is 0 Å².